The van der Waals surface area contributed by atoms with Crippen LogP contribution in [0.4, 0.5) is 5.69 Å². The Labute approximate surface area is 177 Å². The fourth-order valence-corrected chi connectivity index (χ4v) is 4.93. The lowest BCUT2D eigenvalue weighted by atomic mass is 10.1. The molecule has 0 atom stereocenters. The van der Waals surface area contributed by atoms with Crippen LogP contribution in [0.2, 0.25) is 10.0 Å². The minimum Gasteiger partial charge on any atom is -0.325 e. The van der Waals surface area contributed by atoms with E-state index in [0.29, 0.717) is 15.8 Å². The molecule has 2 aromatic carbocycles. The van der Waals surface area contributed by atoms with E-state index in [1.54, 1.807) is 17.8 Å². The summed E-state index contributed by atoms with van der Waals surface area (Å²) in [7, 11) is 0. The van der Waals surface area contributed by atoms with E-state index in [1.165, 1.54) is 11.3 Å². The number of nitrogens with one attached hydrogen (secondary N) is 1. The number of aromatic nitrogens is 1. The molecule has 0 bridgehead atoms. The molecule has 3 nitrogen and oxygen atoms in total. The van der Waals surface area contributed by atoms with Crippen molar-refractivity contribution < 1.29 is 4.79 Å². The average molecular weight is 437 g/mol. The minimum atomic E-state index is -0.0569. The predicted octanol–water partition coefficient (Wildman–Crippen LogP) is 6.49. The van der Waals surface area contributed by atoms with Crippen molar-refractivity contribution in [1.29, 1.82) is 0 Å². The van der Waals surface area contributed by atoms with Gasteiger partial charge in [0.2, 0.25) is 5.91 Å². The average Bonchev–Trinajstić information content (AvgIpc) is 3.08. The van der Waals surface area contributed by atoms with Crippen LogP contribution < -0.4 is 5.32 Å². The first-order chi connectivity index (χ1) is 13.0. The maximum Gasteiger partial charge on any atom is 0.230 e. The first kappa shape index (κ1) is 20.2. The van der Waals surface area contributed by atoms with Crippen molar-refractivity contribution in [3.63, 3.8) is 0 Å². The molecular weight excluding hydrogens is 419 g/mol. The van der Waals surface area contributed by atoms with Gasteiger partial charge in [-0.25, -0.2) is 4.98 Å². The smallest absolute Gasteiger partial charge is 0.230 e. The van der Waals surface area contributed by atoms with Crippen molar-refractivity contribution in [1.82, 2.24) is 4.98 Å². The molecule has 1 N–H and O–H groups in total. The molecule has 0 unspecified atom stereocenters. The fourth-order valence-electron chi connectivity index (χ4n) is 2.52. The number of benzene rings is 2. The van der Waals surface area contributed by atoms with E-state index in [-0.39, 0.29) is 12.3 Å². The van der Waals surface area contributed by atoms with E-state index in [9.17, 15) is 4.79 Å². The van der Waals surface area contributed by atoms with E-state index in [2.05, 4.69) is 17.2 Å². The monoisotopic (exact) mass is 436 g/mol. The second-order valence-electron chi connectivity index (χ2n) is 5.86. The Hall–Kier alpha value is -1.53. The van der Waals surface area contributed by atoms with Crippen LogP contribution in [0.5, 0.6) is 0 Å². The van der Waals surface area contributed by atoms with E-state index in [4.69, 9.17) is 23.2 Å². The van der Waals surface area contributed by atoms with Crippen LogP contribution in [-0.2, 0) is 23.4 Å². The Balaban J connectivity index is 1.56. The lowest BCUT2D eigenvalue weighted by molar-refractivity contribution is -0.115. The number of hydrogen-bond acceptors (Lipinski definition) is 4. The number of anilines is 1. The molecule has 0 aliphatic rings. The maximum atomic E-state index is 12.3. The van der Waals surface area contributed by atoms with Gasteiger partial charge in [0.05, 0.1) is 12.1 Å². The van der Waals surface area contributed by atoms with E-state index in [0.717, 1.165) is 33.3 Å². The van der Waals surface area contributed by atoms with Gasteiger partial charge >= 0.3 is 0 Å². The zero-order chi connectivity index (χ0) is 19.2. The fraction of sp³-hybridized carbons (Fsp3) is 0.200. The second-order valence-corrected chi connectivity index (χ2v) is 8.79. The molecule has 0 aliphatic heterocycles. The molecular formula is C20H18Cl2N2OS2. The van der Waals surface area contributed by atoms with Crippen LogP contribution in [0, 0.1) is 0 Å². The highest BCUT2D eigenvalue weighted by molar-refractivity contribution is 8.00. The third-order valence-corrected chi connectivity index (χ3v) is 6.62. The van der Waals surface area contributed by atoms with Crippen LogP contribution in [0.25, 0.3) is 0 Å². The predicted molar refractivity (Wildman–Crippen MR) is 116 cm³/mol. The summed E-state index contributed by atoms with van der Waals surface area (Å²) in [4.78, 5) is 16.9. The number of thioether (sulfide) groups is 1. The number of carbonyl (C=O) groups is 1. The summed E-state index contributed by atoms with van der Waals surface area (Å²) in [6.07, 6.45) is 1.14. The quantitative estimate of drug-likeness (QED) is 0.430. The SMILES string of the molecule is CCc1ccccc1NC(=O)Cc1csc(SCc2ccc(Cl)cc2Cl)n1. The van der Waals surface area contributed by atoms with E-state index < -0.39 is 0 Å². The maximum absolute atomic E-state index is 12.3. The number of amides is 1. The van der Waals surface area contributed by atoms with E-state index in [1.807, 2.05) is 41.8 Å². The van der Waals surface area contributed by atoms with Gasteiger partial charge < -0.3 is 5.32 Å². The van der Waals surface area contributed by atoms with Gasteiger partial charge in [-0.05, 0) is 35.7 Å². The van der Waals surface area contributed by atoms with Crippen LogP contribution in [0.1, 0.15) is 23.7 Å². The van der Waals surface area contributed by atoms with E-state index >= 15 is 0 Å². The van der Waals surface area contributed by atoms with Gasteiger partial charge in [0.15, 0.2) is 0 Å². The first-order valence-electron chi connectivity index (χ1n) is 8.44. The minimum absolute atomic E-state index is 0.0569. The Morgan fingerprint density at radius 1 is 1.19 bits per heavy atom. The molecule has 0 saturated carbocycles. The molecule has 27 heavy (non-hydrogen) atoms. The molecule has 0 spiro atoms. The summed E-state index contributed by atoms with van der Waals surface area (Å²) in [5.74, 6) is 0.650. The van der Waals surface area contributed by atoms with Crippen molar-refractivity contribution in [3.8, 4) is 0 Å². The number of rotatable bonds is 7. The molecule has 3 rings (SSSR count). The third-order valence-electron chi connectivity index (χ3n) is 3.91. The summed E-state index contributed by atoms with van der Waals surface area (Å²) in [5, 5.41) is 6.19. The largest absolute Gasteiger partial charge is 0.325 e. The first-order valence-corrected chi connectivity index (χ1v) is 11.1. The lowest BCUT2D eigenvalue weighted by Gasteiger charge is -2.08. The summed E-state index contributed by atoms with van der Waals surface area (Å²) in [6.45, 7) is 2.07. The number of halogens is 2. The molecule has 140 valence electrons. The summed E-state index contributed by atoms with van der Waals surface area (Å²) < 4.78 is 0.915. The molecule has 1 heterocycles. The second kappa shape index (κ2) is 9.60. The van der Waals surface area contributed by atoms with Crippen molar-refractivity contribution in [2.24, 2.45) is 0 Å². The number of thiazole rings is 1. The van der Waals surface area contributed by atoms with Crippen molar-refractivity contribution in [2.75, 3.05) is 5.32 Å². The lowest BCUT2D eigenvalue weighted by Crippen LogP contribution is -2.15. The molecule has 3 aromatic rings. The normalized spacial score (nSPS) is 10.8. The standard InChI is InChI=1S/C20H18Cl2N2OS2/c1-2-13-5-3-4-6-18(13)24-19(25)10-16-12-27-20(23-16)26-11-14-7-8-15(21)9-17(14)22/h3-9,12H,2,10-11H2,1H3,(H,24,25). The Morgan fingerprint density at radius 2 is 2.00 bits per heavy atom. The third kappa shape index (κ3) is 5.72. The highest BCUT2D eigenvalue weighted by Gasteiger charge is 2.11. The van der Waals surface area contributed by atoms with Gasteiger partial charge in [-0.15, -0.1) is 11.3 Å². The summed E-state index contributed by atoms with van der Waals surface area (Å²) in [5.41, 5.74) is 3.78. The zero-order valence-electron chi connectivity index (χ0n) is 14.7. The van der Waals surface area contributed by atoms with Crippen LogP contribution in [0.3, 0.4) is 0 Å². The number of hydrogen-bond donors (Lipinski definition) is 1. The zero-order valence-corrected chi connectivity index (χ0v) is 17.8. The Kier molecular flexibility index (Phi) is 7.19. The molecule has 7 heteroatoms. The van der Waals surface area contributed by atoms with Crippen molar-refractivity contribution in [3.05, 3.63) is 74.7 Å². The van der Waals surface area contributed by atoms with Gasteiger partial charge in [-0.2, -0.15) is 0 Å². The number of aryl methyl sites for hydroxylation is 1. The Bertz CT molecular complexity index is 943. The van der Waals surface area contributed by atoms with Crippen molar-refractivity contribution in [2.45, 2.75) is 29.9 Å². The molecule has 1 amide bonds. The van der Waals surface area contributed by atoms with Gasteiger partial charge in [-0.3, -0.25) is 4.79 Å². The molecule has 1 aromatic heterocycles. The van der Waals surface area contributed by atoms with Gasteiger partial charge in [-0.1, -0.05) is 66.2 Å². The number of carbonyl (C=O) groups excluding carboxylic acids is 1. The van der Waals surface area contributed by atoms with Crippen LogP contribution in [-0.4, -0.2) is 10.9 Å². The number of para-hydroxylation sites is 1. The summed E-state index contributed by atoms with van der Waals surface area (Å²) in [6, 6.07) is 13.3. The highest BCUT2D eigenvalue weighted by Crippen LogP contribution is 2.30. The van der Waals surface area contributed by atoms with Crippen LogP contribution >= 0.6 is 46.3 Å². The highest BCUT2D eigenvalue weighted by atomic mass is 35.5. The van der Waals surface area contributed by atoms with Crippen molar-refractivity contribution >= 4 is 57.9 Å². The molecule has 0 radical (unpaired) electrons. The topological polar surface area (TPSA) is 42.0 Å². The molecule has 0 saturated heterocycles. The number of nitrogens with zero attached hydrogens (tertiary/aromatic N) is 1. The Morgan fingerprint density at radius 3 is 2.78 bits per heavy atom. The molecule has 0 aliphatic carbocycles. The molecule has 0 fully saturated rings. The van der Waals surface area contributed by atoms with Gasteiger partial charge in [0.25, 0.3) is 0 Å². The van der Waals surface area contributed by atoms with Gasteiger partial charge in [0, 0.05) is 26.9 Å². The van der Waals surface area contributed by atoms with Gasteiger partial charge in [0.1, 0.15) is 4.34 Å². The van der Waals surface area contributed by atoms with Crippen LogP contribution in [0.15, 0.2) is 52.2 Å². The summed E-state index contributed by atoms with van der Waals surface area (Å²) >= 11 is 15.3.